The van der Waals surface area contributed by atoms with Gasteiger partial charge in [-0.1, -0.05) is 191 Å². The van der Waals surface area contributed by atoms with Gasteiger partial charge in [-0.3, -0.25) is 0 Å². The van der Waals surface area contributed by atoms with E-state index in [0.29, 0.717) is 0 Å². The Morgan fingerprint density at radius 3 is 1.49 bits per heavy atom. The molecule has 0 radical (unpaired) electrons. The van der Waals surface area contributed by atoms with E-state index in [-0.39, 0.29) is 44.6 Å². The zero-order chi connectivity index (χ0) is 53.4. The summed E-state index contributed by atoms with van der Waals surface area (Å²) in [6.07, 6.45) is 4.60. The molecular weight excluding hydrogens is 912 g/mol. The summed E-state index contributed by atoms with van der Waals surface area (Å²) in [4.78, 5) is 5.34. The SMILES string of the molecule is CC(C)(C)c1ccc(N2c3cc(C(C)(C)C)cc4c3B(c3cc5c(cc3N4c3ccc(C(C)(C)C)cc3-c3ccc([Si](C)(C)C)cc3)C(C)(C)CCC5(C)C)c3oc4cc5c(cc4c32)C(C)(C)CCC5(C)C)cc1. The molecule has 2 aliphatic carbocycles. The Bertz CT molecular complexity index is 3430. The molecule has 4 aliphatic rings. The number of benzene rings is 6. The second-order valence-electron chi connectivity index (χ2n) is 30.1. The van der Waals surface area contributed by atoms with Crippen molar-refractivity contribution in [1.82, 2.24) is 0 Å². The van der Waals surface area contributed by atoms with Gasteiger partial charge in [-0.15, -0.1) is 0 Å². The van der Waals surface area contributed by atoms with Crippen molar-refractivity contribution in [3.8, 4) is 11.1 Å². The zero-order valence-electron chi connectivity index (χ0n) is 49.0. The lowest BCUT2D eigenvalue weighted by Gasteiger charge is -2.47. The fourth-order valence-corrected chi connectivity index (χ4v) is 14.4. The van der Waals surface area contributed by atoms with Crippen LogP contribution in [0.2, 0.25) is 19.6 Å². The molecule has 11 rings (SSSR count). The van der Waals surface area contributed by atoms with Gasteiger partial charge in [0, 0.05) is 33.7 Å². The highest BCUT2D eigenvalue weighted by Gasteiger charge is 2.50. The highest BCUT2D eigenvalue weighted by Crippen LogP contribution is 2.55. The van der Waals surface area contributed by atoms with Gasteiger partial charge in [-0.05, 0) is 174 Å². The van der Waals surface area contributed by atoms with Gasteiger partial charge in [0.2, 0.25) is 0 Å². The van der Waals surface area contributed by atoms with Gasteiger partial charge in [0.25, 0.3) is 6.71 Å². The smallest absolute Gasteiger partial charge is 0.297 e. The van der Waals surface area contributed by atoms with E-state index in [1.54, 1.807) is 0 Å². The third-order valence-electron chi connectivity index (χ3n) is 18.6. The molecule has 0 amide bonds. The van der Waals surface area contributed by atoms with Gasteiger partial charge in [-0.25, -0.2) is 0 Å². The Kier molecular flexibility index (Phi) is 11.1. The molecule has 3 nitrogen and oxygen atoms in total. The van der Waals surface area contributed by atoms with Crippen LogP contribution in [0.3, 0.4) is 0 Å². The van der Waals surface area contributed by atoms with Crippen LogP contribution in [0.1, 0.15) is 182 Å². The molecule has 384 valence electrons. The van der Waals surface area contributed by atoms with Crippen molar-refractivity contribution in [1.29, 1.82) is 0 Å². The Balaban J connectivity index is 1.31. The first-order valence-corrected chi connectivity index (χ1v) is 31.6. The number of furan rings is 1. The summed E-state index contributed by atoms with van der Waals surface area (Å²) in [6, 6.07) is 42.0. The molecule has 1 aromatic heterocycles. The van der Waals surface area contributed by atoms with Crippen LogP contribution in [0.15, 0.2) is 108 Å². The first-order valence-electron chi connectivity index (χ1n) is 28.1. The quantitative estimate of drug-likeness (QED) is 0.164. The summed E-state index contributed by atoms with van der Waals surface area (Å²) in [7, 11) is -1.55. The molecule has 0 spiro atoms. The third-order valence-corrected chi connectivity index (χ3v) is 20.7. The van der Waals surface area contributed by atoms with Gasteiger partial charge < -0.3 is 14.2 Å². The third kappa shape index (κ3) is 8.01. The molecule has 7 aromatic rings. The number of rotatable bonds is 4. The van der Waals surface area contributed by atoms with E-state index in [1.807, 2.05) is 0 Å². The Morgan fingerprint density at radius 1 is 0.473 bits per heavy atom. The minimum Gasteiger partial charge on any atom is -0.468 e. The standard InChI is InChI=1S/C69H85BN2OSi/c1-63(2,3)43-23-26-46(27-24-43)71-57-36-45(65(7,8)9)37-58-60(57)70(62-61(71)49-38-50-53(41-59(49)73-62)69(16,17)34-31-66(50,10)11)54-39-51-52(68(14,15)33-32-67(51,12)13)40-56(54)72(58)55-30-25-44(64(4,5)6)35-48(55)42-21-28-47(29-22-42)74(18,19)20/h21-30,35-41H,31-34H2,1-20H3. The topological polar surface area (TPSA) is 19.6 Å². The van der Waals surface area contributed by atoms with E-state index >= 15 is 0 Å². The van der Waals surface area contributed by atoms with Crippen LogP contribution in [0, 0.1) is 0 Å². The number of nitrogens with zero attached hydrogens (tertiary/aromatic N) is 2. The monoisotopic (exact) mass is 997 g/mol. The average molecular weight is 997 g/mol. The second-order valence-corrected chi connectivity index (χ2v) is 35.2. The minimum atomic E-state index is -1.55. The van der Waals surface area contributed by atoms with Crippen molar-refractivity contribution in [2.45, 2.75) is 201 Å². The molecule has 3 heterocycles. The number of anilines is 6. The predicted molar refractivity (Wildman–Crippen MR) is 325 cm³/mol. The highest BCUT2D eigenvalue weighted by atomic mass is 28.3. The van der Waals surface area contributed by atoms with Gasteiger partial charge in [0.1, 0.15) is 5.58 Å². The van der Waals surface area contributed by atoms with Crippen molar-refractivity contribution >= 4 is 81.7 Å². The van der Waals surface area contributed by atoms with E-state index in [1.165, 1.54) is 100 Å². The molecule has 0 atom stereocenters. The second kappa shape index (κ2) is 16.1. The maximum atomic E-state index is 7.76. The summed E-state index contributed by atoms with van der Waals surface area (Å²) in [5, 5.41) is 2.69. The lowest BCUT2D eigenvalue weighted by molar-refractivity contribution is 0.332. The molecule has 5 heteroatoms. The first-order chi connectivity index (χ1) is 34.2. The number of hydrogen-bond donors (Lipinski definition) is 0. The molecule has 0 bridgehead atoms. The van der Waals surface area contributed by atoms with Crippen LogP contribution in [0.5, 0.6) is 0 Å². The Hall–Kier alpha value is -5.26. The summed E-state index contributed by atoms with van der Waals surface area (Å²) >= 11 is 0. The van der Waals surface area contributed by atoms with E-state index in [9.17, 15) is 0 Å². The molecule has 6 aromatic carbocycles. The average Bonchev–Trinajstić information content (AvgIpc) is 3.68. The summed E-state index contributed by atoms with van der Waals surface area (Å²) in [5.41, 5.74) is 24.3. The van der Waals surface area contributed by atoms with Gasteiger partial charge in [-0.2, -0.15) is 0 Å². The molecule has 0 saturated heterocycles. The Labute approximate surface area is 447 Å². The largest absolute Gasteiger partial charge is 0.468 e. The lowest BCUT2D eigenvalue weighted by atomic mass is 9.35. The van der Waals surface area contributed by atoms with Crippen molar-refractivity contribution in [2.24, 2.45) is 0 Å². The van der Waals surface area contributed by atoms with Gasteiger partial charge in [0.15, 0.2) is 0 Å². The molecule has 0 saturated carbocycles. The van der Waals surface area contributed by atoms with Crippen LogP contribution < -0.4 is 31.6 Å². The lowest BCUT2D eigenvalue weighted by Crippen LogP contribution is -2.61. The van der Waals surface area contributed by atoms with Crippen molar-refractivity contribution in [2.75, 3.05) is 9.80 Å². The molecule has 0 fully saturated rings. The fraction of sp³-hybridized carbons (Fsp3) is 0.449. The fourth-order valence-electron chi connectivity index (χ4n) is 13.2. The normalized spacial score (nSPS) is 18.4. The molecule has 2 aliphatic heterocycles. The van der Waals surface area contributed by atoms with Crippen LogP contribution in [-0.4, -0.2) is 14.8 Å². The van der Waals surface area contributed by atoms with Crippen LogP contribution in [-0.2, 0) is 37.9 Å². The van der Waals surface area contributed by atoms with E-state index < -0.39 is 8.07 Å². The van der Waals surface area contributed by atoms with Crippen LogP contribution in [0.4, 0.5) is 34.1 Å². The minimum absolute atomic E-state index is 0.00162. The van der Waals surface area contributed by atoms with Gasteiger partial charge in [0.05, 0.1) is 25.1 Å². The Morgan fingerprint density at radius 2 is 0.959 bits per heavy atom. The molecular formula is C69H85BN2OSi. The van der Waals surface area contributed by atoms with Crippen molar-refractivity contribution < 1.29 is 4.42 Å². The predicted octanol–water partition coefficient (Wildman–Crippen LogP) is 17.3. The van der Waals surface area contributed by atoms with E-state index in [4.69, 9.17) is 4.42 Å². The van der Waals surface area contributed by atoms with Crippen molar-refractivity contribution in [3.05, 3.63) is 142 Å². The summed E-state index contributed by atoms with van der Waals surface area (Å²) in [5.74, 6) is 0. The first kappa shape index (κ1) is 50.9. The van der Waals surface area contributed by atoms with Crippen LogP contribution in [0.25, 0.3) is 22.1 Å². The molecule has 0 N–H and O–H groups in total. The maximum Gasteiger partial charge on any atom is 0.297 e. The summed E-state index contributed by atoms with van der Waals surface area (Å²) < 4.78 is 7.76. The zero-order valence-corrected chi connectivity index (χ0v) is 50.0. The molecule has 74 heavy (non-hydrogen) atoms. The van der Waals surface area contributed by atoms with Gasteiger partial charge >= 0.3 is 0 Å². The van der Waals surface area contributed by atoms with E-state index in [0.717, 1.165) is 42.6 Å². The number of hydrogen-bond acceptors (Lipinski definition) is 3. The highest BCUT2D eigenvalue weighted by molar-refractivity contribution is 7.00. The van der Waals surface area contributed by atoms with Crippen LogP contribution >= 0.6 is 0 Å². The number of fused-ring (bicyclic) bond motifs is 8. The molecule has 0 unspecified atom stereocenters. The summed E-state index contributed by atoms with van der Waals surface area (Å²) in [6.45, 7) is 48.2. The van der Waals surface area contributed by atoms with E-state index in [2.05, 4.69) is 250 Å². The maximum absolute atomic E-state index is 7.76. The van der Waals surface area contributed by atoms with Crippen molar-refractivity contribution in [3.63, 3.8) is 0 Å².